The number of nitrogens with zero attached hydrogens (tertiary/aromatic N) is 2. The molecule has 2 aromatic rings. The Labute approximate surface area is 148 Å². The van der Waals surface area contributed by atoms with E-state index in [1.54, 1.807) is 16.7 Å². The van der Waals surface area contributed by atoms with Crippen molar-refractivity contribution in [3.8, 4) is 0 Å². The van der Waals surface area contributed by atoms with Crippen LogP contribution in [0.25, 0.3) is 0 Å². The number of para-hydroxylation sites is 1. The van der Waals surface area contributed by atoms with E-state index in [1.165, 1.54) is 0 Å². The van der Waals surface area contributed by atoms with Gasteiger partial charge >= 0.3 is 0 Å². The number of fused-ring (bicyclic) bond motifs is 1. The molecule has 2 aromatic carbocycles. The number of nitrogens with two attached hydrogens (primary N) is 1. The van der Waals surface area contributed by atoms with E-state index in [-0.39, 0.29) is 11.8 Å². The number of hydrogen-bond donors (Lipinski definition) is 1. The first-order valence-electron chi connectivity index (χ1n) is 8.53. The molecule has 5 heteroatoms. The van der Waals surface area contributed by atoms with Crippen LogP contribution in [0.1, 0.15) is 25.0 Å². The van der Waals surface area contributed by atoms with Gasteiger partial charge in [-0.1, -0.05) is 42.5 Å². The molecule has 1 heterocycles. The summed E-state index contributed by atoms with van der Waals surface area (Å²) in [6.07, 6.45) is 0.489. The Kier molecular flexibility index (Phi) is 4.86. The van der Waals surface area contributed by atoms with Crippen LogP contribution in [0.15, 0.2) is 48.5 Å². The first-order chi connectivity index (χ1) is 12.0. The highest BCUT2D eigenvalue weighted by molar-refractivity contribution is 6.06. The summed E-state index contributed by atoms with van der Waals surface area (Å²) in [6.45, 7) is 4.46. The monoisotopic (exact) mass is 337 g/mol. The minimum absolute atomic E-state index is 0.0436. The molecule has 0 aromatic heterocycles. The van der Waals surface area contributed by atoms with Crippen molar-refractivity contribution < 1.29 is 9.59 Å². The summed E-state index contributed by atoms with van der Waals surface area (Å²) in [5.74, 6) is -0.152. The first-order valence-corrected chi connectivity index (χ1v) is 8.53. The molecule has 1 atom stereocenters. The lowest BCUT2D eigenvalue weighted by Crippen LogP contribution is -2.49. The Morgan fingerprint density at radius 3 is 2.56 bits per heavy atom. The van der Waals surface area contributed by atoms with Gasteiger partial charge in [-0.05, 0) is 30.5 Å². The standard InChI is InChI=1S/C20H23N3O2/c1-3-22(14(2)24)18-11-7-10-16-12-17(21)20(25)23(19(16)18)13-15-8-5-4-6-9-15/h4-11,17H,3,12-13,21H2,1-2H3. The summed E-state index contributed by atoms with van der Waals surface area (Å²) in [4.78, 5) is 28.3. The molecular formula is C20H23N3O2. The van der Waals surface area contributed by atoms with Gasteiger partial charge < -0.3 is 15.5 Å². The third kappa shape index (κ3) is 3.28. The molecule has 0 fully saturated rings. The van der Waals surface area contributed by atoms with E-state index in [0.717, 1.165) is 22.5 Å². The van der Waals surface area contributed by atoms with Crippen molar-refractivity contribution >= 4 is 23.2 Å². The van der Waals surface area contributed by atoms with Gasteiger partial charge in [0.15, 0.2) is 0 Å². The molecular weight excluding hydrogens is 314 g/mol. The minimum atomic E-state index is -0.557. The van der Waals surface area contributed by atoms with Crippen molar-refractivity contribution in [2.45, 2.75) is 32.9 Å². The fourth-order valence-electron chi connectivity index (χ4n) is 3.39. The van der Waals surface area contributed by atoms with Crippen molar-refractivity contribution in [1.29, 1.82) is 0 Å². The summed E-state index contributed by atoms with van der Waals surface area (Å²) in [5.41, 5.74) is 9.68. The van der Waals surface area contributed by atoms with Gasteiger partial charge in [-0.25, -0.2) is 0 Å². The topological polar surface area (TPSA) is 66.6 Å². The summed E-state index contributed by atoms with van der Waals surface area (Å²) in [6, 6.07) is 15.1. The lowest BCUT2D eigenvalue weighted by atomic mass is 9.95. The van der Waals surface area contributed by atoms with E-state index < -0.39 is 6.04 Å². The first kappa shape index (κ1) is 17.2. The fourth-order valence-corrected chi connectivity index (χ4v) is 3.39. The van der Waals surface area contributed by atoms with Gasteiger partial charge in [0.2, 0.25) is 11.8 Å². The lowest BCUT2D eigenvalue weighted by molar-refractivity contribution is -0.120. The SMILES string of the molecule is CCN(C(C)=O)c1cccc2c1N(Cc1ccccc1)C(=O)C(N)C2. The zero-order chi connectivity index (χ0) is 18.0. The second-order valence-corrected chi connectivity index (χ2v) is 6.27. The second-order valence-electron chi connectivity index (χ2n) is 6.27. The Balaban J connectivity index is 2.11. The molecule has 1 unspecified atom stereocenters. The third-order valence-electron chi connectivity index (χ3n) is 4.56. The van der Waals surface area contributed by atoms with E-state index in [1.807, 2.05) is 55.5 Å². The van der Waals surface area contributed by atoms with E-state index in [0.29, 0.717) is 19.5 Å². The van der Waals surface area contributed by atoms with Crippen LogP contribution in [-0.4, -0.2) is 24.4 Å². The lowest BCUT2D eigenvalue weighted by Gasteiger charge is -2.36. The molecule has 25 heavy (non-hydrogen) atoms. The molecule has 0 saturated heterocycles. The van der Waals surface area contributed by atoms with E-state index in [2.05, 4.69) is 0 Å². The molecule has 0 bridgehead atoms. The highest BCUT2D eigenvalue weighted by Gasteiger charge is 2.33. The summed E-state index contributed by atoms with van der Waals surface area (Å²) in [5, 5.41) is 0. The Morgan fingerprint density at radius 1 is 1.20 bits per heavy atom. The minimum Gasteiger partial charge on any atom is -0.320 e. The average Bonchev–Trinajstić information content (AvgIpc) is 2.60. The van der Waals surface area contributed by atoms with Crippen molar-refractivity contribution in [1.82, 2.24) is 0 Å². The van der Waals surface area contributed by atoms with Crippen LogP contribution < -0.4 is 15.5 Å². The van der Waals surface area contributed by atoms with E-state index in [9.17, 15) is 9.59 Å². The fraction of sp³-hybridized carbons (Fsp3) is 0.300. The van der Waals surface area contributed by atoms with Crippen LogP contribution in [-0.2, 0) is 22.6 Å². The maximum Gasteiger partial charge on any atom is 0.244 e. The smallest absolute Gasteiger partial charge is 0.244 e. The Morgan fingerprint density at radius 2 is 1.92 bits per heavy atom. The van der Waals surface area contributed by atoms with Gasteiger partial charge in [0.25, 0.3) is 0 Å². The van der Waals surface area contributed by atoms with E-state index in [4.69, 9.17) is 5.73 Å². The largest absolute Gasteiger partial charge is 0.320 e. The predicted molar refractivity (Wildman–Crippen MR) is 99.5 cm³/mol. The van der Waals surface area contributed by atoms with Crippen LogP contribution in [0, 0.1) is 0 Å². The van der Waals surface area contributed by atoms with Crippen molar-refractivity contribution in [2.24, 2.45) is 5.73 Å². The second kappa shape index (κ2) is 7.07. The summed E-state index contributed by atoms with van der Waals surface area (Å²) in [7, 11) is 0. The molecule has 0 aliphatic carbocycles. The number of carbonyl (C=O) groups excluding carboxylic acids is 2. The zero-order valence-corrected chi connectivity index (χ0v) is 14.6. The molecule has 3 rings (SSSR count). The molecule has 5 nitrogen and oxygen atoms in total. The number of anilines is 2. The van der Waals surface area contributed by atoms with Crippen molar-refractivity contribution in [3.63, 3.8) is 0 Å². The predicted octanol–water partition coefficient (Wildman–Crippen LogP) is 2.48. The summed E-state index contributed by atoms with van der Waals surface area (Å²) >= 11 is 0. The van der Waals surface area contributed by atoms with Gasteiger partial charge in [-0.2, -0.15) is 0 Å². The van der Waals surface area contributed by atoms with Gasteiger partial charge in [0, 0.05) is 13.5 Å². The molecule has 0 spiro atoms. The summed E-state index contributed by atoms with van der Waals surface area (Å²) < 4.78 is 0. The Hall–Kier alpha value is -2.66. The number of carbonyl (C=O) groups is 2. The van der Waals surface area contributed by atoms with Gasteiger partial charge in [0.05, 0.1) is 24.0 Å². The van der Waals surface area contributed by atoms with Crippen LogP contribution in [0.4, 0.5) is 11.4 Å². The molecule has 2 amide bonds. The number of amides is 2. The normalized spacial score (nSPS) is 16.5. The Bertz CT molecular complexity index is 789. The van der Waals surface area contributed by atoms with Crippen molar-refractivity contribution in [2.75, 3.05) is 16.3 Å². The maximum absolute atomic E-state index is 12.8. The zero-order valence-electron chi connectivity index (χ0n) is 14.6. The van der Waals surface area contributed by atoms with Crippen molar-refractivity contribution in [3.05, 3.63) is 59.7 Å². The molecule has 0 saturated carbocycles. The van der Waals surface area contributed by atoms with Crippen LogP contribution in [0.3, 0.4) is 0 Å². The van der Waals surface area contributed by atoms with E-state index >= 15 is 0 Å². The highest BCUT2D eigenvalue weighted by Crippen LogP contribution is 2.38. The van der Waals surface area contributed by atoms with Gasteiger partial charge in [-0.3, -0.25) is 9.59 Å². The number of hydrogen-bond acceptors (Lipinski definition) is 3. The third-order valence-corrected chi connectivity index (χ3v) is 4.56. The van der Waals surface area contributed by atoms with Gasteiger partial charge in [-0.15, -0.1) is 0 Å². The molecule has 1 aliphatic heterocycles. The molecule has 130 valence electrons. The number of benzene rings is 2. The quantitative estimate of drug-likeness (QED) is 0.932. The highest BCUT2D eigenvalue weighted by atomic mass is 16.2. The average molecular weight is 337 g/mol. The van der Waals surface area contributed by atoms with Crippen LogP contribution in [0.5, 0.6) is 0 Å². The number of rotatable bonds is 4. The molecule has 0 radical (unpaired) electrons. The molecule has 2 N–H and O–H groups in total. The maximum atomic E-state index is 12.8. The van der Waals surface area contributed by atoms with Crippen LogP contribution >= 0.6 is 0 Å². The van der Waals surface area contributed by atoms with Crippen LogP contribution in [0.2, 0.25) is 0 Å². The molecule has 1 aliphatic rings. The van der Waals surface area contributed by atoms with Gasteiger partial charge in [0.1, 0.15) is 0 Å².